The average molecular weight is 542 g/mol. The Bertz CT molecular complexity index is 714. The van der Waals surface area contributed by atoms with Crippen molar-refractivity contribution in [3.05, 3.63) is 0 Å². The molecule has 0 amide bonds. The lowest BCUT2D eigenvalue weighted by atomic mass is 9.53. The lowest BCUT2D eigenvalue weighted by Crippen LogP contribution is -2.71. The van der Waals surface area contributed by atoms with E-state index in [1.165, 1.54) is 13.8 Å². The summed E-state index contributed by atoms with van der Waals surface area (Å²) in [6.07, 6.45) is -29.9. The first-order valence-corrected chi connectivity index (χ1v) is 10.7. The van der Waals surface area contributed by atoms with Gasteiger partial charge in [-0.15, -0.1) is 0 Å². The first-order chi connectivity index (χ1) is 15.6. The summed E-state index contributed by atoms with van der Waals surface area (Å²) in [6, 6.07) is 0. The molecule has 15 heteroatoms. The fraction of sp³-hybridized carbons (Fsp3) is 1.00. The number of hydrogen-bond acceptors (Lipinski definition) is 3. The Labute approximate surface area is 193 Å². The van der Waals surface area contributed by atoms with E-state index < -0.39 is 97.5 Å². The summed E-state index contributed by atoms with van der Waals surface area (Å²) >= 11 is 0. The Hall–Kier alpha value is -0.960. The summed E-state index contributed by atoms with van der Waals surface area (Å²) in [5.41, 5.74) is -14.0. The Kier molecular flexibility index (Phi) is 7.87. The van der Waals surface area contributed by atoms with Gasteiger partial charge in [0, 0.05) is 12.5 Å². The molecule has 2 fully saturated rings. The van der Waals surface area contributed by atoms with Crippen molar-refractivity contribution >= 4 is 0 Å². The SMILES string of the molecule is CCC1C2CC(CC(OCOC)(C(F)(F)F)C(F)(F)F)C(C(O)(C(F)(F)F)C(F)(F)F)(C2)C1CC. The van der Waals surface area contributed by atoms with Crippen molar-refractivity contribution in [3.63, 3.8) is 0 Å². The minimum absolute atomic E-state index is 0.0350. The molecule has 1 N–H and O–H groups in total. The summed E-state index contributed by atoms with van der Waals surface area (Å²) < 4.78 is 176. The van der Waals surface area contributed by atoms with Crippen molar-refractivity contribution in [2.45, 2.75) is 81.9 Å². The lowest BCUT2D eigenvalue weighted by Gasteiger charge is -2.55. The number of fused-ring (bicyclic) bond motifs is 2. The second kappa shape index (κ2) is 9.10. The van der Waals surface area contributed by atoms with Gasteiger partial charge in [0.2, 0.25) is 0 Å². The highest BCUT2D eigenvalue weighted by atomic mass is 19.4. The Morgan fingerprint density at radius 3 is 1.63 bits per heavy atom. The first kappa shape index (κ1) is 30.3. The summed E-state index contributed by atoms with van der Waals surface area (Å²) in [7, 11) is 0.696. The maximum atomic E-state index is 14.1. The van der Waals surface area contributed by atoms with Gasteiger partial charge in [0.05, 0.1) is 0 Å². The van der Waals surface area contributed by atoms with E-state index in [2.05, 4.69) is 9.47 Å². The molecular weight excluding hydrogens is 516 g/mol. The number of aliphatic hydroxyl groups is 1. The molecule has 35 heavy (non-hydrogen) atoms. The largest absolute Gasteiger partial charge is 0.426 e. The Morgan fingerprint density at radius 2 is 1.29 bits per heavy atom. The van der Waals surface area contributed by atoms with Crippen molar-refractivity contribution < 1.29 is 67.3 Å². The second-order valence-electron chi connectivity index (χ2n) is 9.31. The van der Waals surface area contributed by atoms with Gasteiger partial charge in [-0.1, -0.05) is 26.7 Å². The summed E-state index contributed by atoms with van der Waals surface area (Å²) in [5, 5.41) is 10.4. The third-order valence-electron chi connectivity index (χ3n) is 7.98. The van der Waals surface area contributed by atoms with Crippen LogP contribution in [0.2, 0.25) is 0 Å². The van der Waals surface area contributed by atoms with Gasteiger partial charge in [-0.05, 0) is 42.9 Å². The van der Waals surface area contributed by atoms with Gasteiger partial charge in [-0.25, -0.2) is 0 Å². The second-order valence-corrected chi connectivity index (χ2v) is 9.31. The van der Waals surface area contributed by atoms with E-state index in [-0.39, 0.29) is 6.42 Å². The molecule has 3 nitrogen and oxygen atoms in total. The van der Waals surface area contributed by atoms with E-state index in [0.29, 0.717) is 7.11 Å². The molecule has 0 aliphatic heterocycles. The summed E-state index contributed by atoms with van der Waals surface area (Å²) in [4.78, 5) is 0. The smallest absolute Gasteiger partial charge is 0.373 e. The van der Waals surface area contributed by atoms with Crippen LogP contribution in [0.4, 0.5) is 52.7 Å². The van der Waals surface area contributed by atoms with Gasteiger partial charge in [-0.2, -0.15) is 52.7 Å². The van der Waals surface area contributed by atoms with Crippen molar-refractivity contribution in [1.29, 1.82) is 0 Å². The monoisotopic (exact) mass is 542 g/mol. The highest BCUT2D eigenvalue weighted by Crippen LogP contribution is 2.75. The van der Waals surface area contributed by atoms with Crippen LogP contribution in [0.3, 0.4) is 0 Å². The van der Waals surface area contributed by atoms with Gasteiger partial charge >= 0.3 is 24.7 Å². The van der Waals surface area contributed by atoms with Gasteiger partial charge in [-0.3, -0.25) is 0 Å². The first-order valence-electron chi connectivity index (χ1n) is 10.7. The van der Waals surface area contributed by atoms with Crippen LogP contribution in [0.5, 0.6) is 0 Å². The average Bonchev–Trinajstić information content (AvgIpc) is 3.19. The van der Waals surface area contributed by atoms with Crippen LogP contribution >= 0.6 is 0 Å². The molecule has 2 saturated carbocycles. The predicted molar refractivity (Wildman–Crippen MR) is 95.7 cm³/mol. The van der Waals surface area contributed by atoms with E-state index in [1.807, 2.05) is 0 Å². The minimum atomic E-state index is -6.43. The number of methoxy groups -OCH3 is 1. The molecule has 2 aliphatic carbocycles. The maximum absolute atomic E-state index is 14.1. The summed E-state index contributed by atoms with van der Waals surface area (Å²) in [6.45, 7) is 1.07. The van der Waals surface area contributed by atoms with Crippen molar-refractivity contribution in [2.75, 3.05) is 13.9 Å². The molecule has 5 unspecified atom stereocenters. The van der Waals surface area contributed by atoms with Crippen LogP contribution in [0.1, 0.15) is 46.0 Å². The van der Waals surface area contributed by atoms with Crippen molar-refractivity contribution in [2.24, 2.45) is 29.1 Å². The highest BCUT2D eigenvalue weighted by molar-refractivity contribution is 5.22. The maximum Gasteiger partial charge on any atom is 0.426 e. The number of hydrogen-bond donors (Lipinski definition) is 1. The van der Waals surface area contributed by atoms with Crippen LogP contribution in [0.25, 0.3) is 0 Å². The van der Waals surface area contributed by atoms with Crippen LogP contribution in [0, 0.1) is 29.1 Å². The molecule has 208 valence electrons. The number of alkyl halides is 12. The van der Waals surface area contributed by atoms with E-state index in [4.69, 9.17) is 0 Å². The number of halogens is 12. The van der Waals surface area contributed by atoms with Crippen LogP contribution < -0.4 is 0 Å². The molecule has 0 aromatic carbocycles. The van der Waals surface area contributed by atoms with Crippen LogP contribution in [0.15, 0.2) is 0 Å². The van der Waals surface area contributed by atoms with Crippen molar-refractivity contribution in [1.82, 2.24) is 0 Å². The zero-order valence-corrected chi connectivity index (χ0v) is 18.9. The Balaban J connectivity index is 2.85. The predicted octanol–water partition coefficient (Wildman–Crippen LogP) is 6.79. The molecule has 0 heterocycles. The number of rotatable bonds is 8. The Morgan fingerprint density at radius 1 is 0.800 bits per heavy atom. The molecular formula is C20H26F12O3. The highest BCUT2D eigenvalue weighted by Gasteiger charge is 2.86. The quantitative estimate of drug-likeness (QED) is 0.271. The molecule has 2 aliphatic rings. The van der Waals surface area contributed by atoms with E-state index in [9.17, 15) is 57.8 Å². The lowest BCUT2D eigenvalue weighted by molar-refractivity contribution is -0.425. The fourth-order valence-corrected chi connectivity index (χ4v) is 6.82. The molecule has 2 rings (SSSR count). The molecule has 0 aromatic rings. The van der Waals surface area contributed by atoms with Crippen LogP contribution in [-0.4, -0.2) is 54.9 Å². The van der Waals surface area contributed by atoms with Crippen LogP contribution in [-0.2, 0) is 9.47 Å². The molecule has 5 atom stereocenters. The minimum Gasteiger partial charge on any atom is -0.373 e. The third-order valence-corrected chi connectivity index (χ3v) is 7.98. The molecule has 0 spiro atoms. The molecule has 0 aromatic heterocycles. The van der Waals surface area contributed by atoms with Crippen molar-refractivity contribution in [3.8, 4) is 0 Å². The normalized spacial score (nSPS) is 30.9. The summed E-state index contributed by atoms with van der Waals surface area (Å²) in [5.74, 6) is -6.04. The van der Waals surface area contributed by atoms with E-state index in [1.54, 1.807) is 0 Å². The molecule has 2 bridgehead atoms. The zero-order chi connectivity index (χ0) is 27.5. The van der Waals surface area contributed by atoms with Gasteiger partial charge < -0.3 is 14.6 Å². The van der Waals surface area contributed by atoms with Gasteiger partial charge in [0.15, 0.2) is 0 Å². The van der Waals surface area contributed by atoms with E-state index >= 15 is 0 Å². The fourth-order valence-electron chi connectivity index (χ4n) is 6.82. The third kappa shape index (κ3) is 4.20. The number of ether oxygens (including phenoxy) is 2. The van der Waals surface area contributed by atoms with E-state index in [0.717, 1.165) is 0 Å². The topological polar surface area (TPSA) is 38.7 Å². The molecule has 0 saturated heterocycles. The molecule has 0 radical (unpaired) electrons. The van der Waals surface area contributed by atoms with Gasteiger partial charge in [0.25, 0.3) is 11.2 Å². The van der Waals surface area contributed by atoms with Gasteiger partial charge in [0.1, 0.15) is 6.79 Å². The zero-order valence-electron chi connectivity index (χ0n) is 18.9. The standard InChI is InChI=1S/C20H26F12O3/c1-4-12-10-6-11(8-15(17(21,22)23,18(24,25)26)35-9-34-3)14(7-10,13(12)5-2)16(33,19(27,28)29)20(30,31)32/h10-13,33H,4-9H2,1-3H3.